The molecule has 0 aliphatic carbocycles. The molecule has 7 nitrogen and oxygen atoms in total. The fourth-order valence-corrected chi connectivity index (χ4v) is 2.99. The third kappa shape index (κ3) is 3.22. The first-order valence-electron chi connectivity index (χ1n) is 4.59. The van der Waals surface area contributed by atoms with Crippen molar-refractivity contribution in [2.75, 3.05) is 0 Å². The van der Waals surface area contributed by atoms with E-state index >= 15 is 0 Å². The first-order valence-corrected chi connectivity index (χ1v) is 6.55. The molecular weight excluding hydrogens is 250 g/mol. The Morgan fingerprint density at radius 1 is 1.75 bits per heavy atom. The number of nitrogens with zero attached hydrogens (tertiary/aromatic N) is 2. The zero-order chi connectivity index (χ0) is 12.2. The Hall–Kier alpha value is -1.06. The van der Waals surface area contributed by atoms with Crippen LogP contribution in [0.25, 0.3) is 0 Å². The molecule has 1 rings (SSSR count). The predicted octanol–water partition coefficient (Wildman–Crippen LogP) is -0.711. The number of H-pyrrole nitrogens is 1. The monoisotopic (exact) mass is 263 g/mol. The summed E-state index contributed by atoms with van der Waals surface area (Å²) in [5.41, 5.74) is 5.36. The van der Waals surface area contributed by atoms with Crippen molar-refractivity contribution in [1.29, 1.82) is 0 Å². The molecular formula is C7H13N5O2S2. The van der Waals surface area contributed by atoms with Gasteiger partial charge in [0, 0.05) is 0 Å². The second-order valence-corrected chi connectivity index (χ2v) is 5.52. The van der Waals surface area contributed by atoms with Crippen molar-refractivity contribution in [3.05, 3.63) is 12.2 Å². The number of nitrogens with one attached hydrogen (secondary N) is 2. The van der Waals surface area contributed by atoms with E-state index < -0.39 is 15.3 Å². The van der Waals surface area contributed by atoms with E-state index in [0.29, 0.717) is 12.2 Å². The SMILES string of the molecule is CCC(C(N)=S)S(=O)(=O)NCc1ncn[nH]1. The number of thiocarbonyl (C=S) groups is 1. The Morgan fingerprint density at radius 2 is 2.44 bits per heavy atom. The van der Waals surface area contributed by atoms with Crippen LogP contribution in [0, 0.1) is 0 Å². The second-order valence-electron chi connectivity index (χ2n) is 3.10. The predicted molar refractivity (Wildman–Crippen MR) is 63.0 cm³/mol. The molecule has 1 aromatic heterocycles. The summed E-state index contributed by atoms with van der Waals surface area (Å²) in [6, 6.07) is 0. The highest BCUT2D eigenvalue weighted by molar-refractivity contribution is 7.93. The summed E-state index contributed by atoms with van der Waals surface area (Å²) >= 11 is 4.70. The Morgan fingerprint density at radius 3 is 2.88 bits per heavy atom. The van der Waals surface area contributed by atoms with Crippen molar-refractivity contribution >= 4 is 27.2 Å². The molecule has 0 bridgehead atoms. The van der Waals surface area contributed by atoms with Crippen molar-refractivity contribution in [3.63, 3.8) is 0 Å². The maximum absolute atomic E-state index is 11.8. The maximum atomic E-state index is 11.8. The quantitative estimate of drug-likeness (QED) is 0.584. The van der Waals surface area contributed by atoms with E-state index in [0.717, 1.165) is 0 Å². The Kier molecular flexibility index (Phi) is 4.33. The molecule has 16 heavy (non-hydrogen) atoms. The van der Waals surface area contributed by atoms with E-state index in [1.165, 1.54) is 6.33 Å². The molecule has 0 radical (unpaired) electrons. The summed E-state index contributed by atoms with van der Waals surface area (Å²) < 4.78 is 25.9. The number of aromatic nitrogens is 3. The normalized spacial score (nSPS) is 13.6. The lowest BCUT2D eigenvalue weighted by Gasteiger charge is -2.14. The summed E-state index contributed by atoms with van der Waals surface area (Å²) in [7, 11) is -3.55. The van der Waals surface area contributed by atoms with Crippen LogP contribution in [-0.4, -0.2) is 33.8 Å². The molecule has 0 aliphatic heterocycles. The minimum Gasteiger partial charge on any atom is -0.392 e. The van der Waals surface area contributed by atoms with Crippen LogP contribution in [0.3, 0.4) is 0 Å². The summed E-state index contributed by atoms with van der Waals surface area (Å²) in [6.07, 6.45) is 1.63. The smallest absolute Gasteiger partial charge is 0.221 e. The van der Waals surface area contributed by atoms with Gasteiger partial charge in [0.15, 0.2) is 0 Å². The zero-order valence-electron chi connectivity index (χ0n) is 8.67. The van der Waals surface area contributed by atoms with Crippen LogP contribution in [0.2, 0.25) is 0 Å². The van der Waals surface area contributed by atoms with Crippen LogP contribution in [0.1, 0.15) is 19.2 Å². The lowest BCUT2D eigenvalue weighted by atomic mass is 10.3. The summed E-state index contributed by atoms with van der Waals surface area (Å²) in [6.45, 7) is 1.75. The first-order chi connectivity index (χ1) is 7.47. The van der Waals surface area contributed by atoms with Gasteiger partial charge in [0.1, 0.15) is 17.4 Å². The largest absolute Gasteiger partial charge is 0.392 e. The summed E-state index contributed by atoms with van der Waals surface area (Å²) in [5, 5.41) is 5.29. The highest BCUT2D eigenvalue weighted by Crippen LogP contribution is 2.05. The van der Waals surface area contributed by atoms with Crippen molar-refractivity contribution in [2.24, 2.45) is 5.73 Å². The first kappa shape index (κ1) is 13.0. The zero-order valence-corrected chi connectivity index (χ0v) is 10.3. The molecule has 1 unspecified atom stereocenters. The van der Waals surface area contributed by atoms with Crippen LogP contribution in [0.5, 0.6) is 0 Å². The van der Waals surface area contributed by atoms with Gasteiger partial charge in [-0.2, -0.15) is 5.10 Å². The molecule has 0 aliphatic rings. The van der Waals surface area contributed by atoms with E-state index in [1.54, 1.807) is 6.92 Å². The van der Waals surface area contributed by atoms with Gasteiger partial charge in [0.05, 0.1) is 11.5 Å². The topological polar surface area (TPSA) is 114 Å². The Balaban J connectivity index is 2.67. The molecule has 1 atom stereocenters. The average Bonchev–Trinajstić information content (AvgIpc) is 2.67. The Bertz CT molecular complexity index is 441. The highest BCUT2D eigenvalue weighted by atomic mass is 32.2. The second kappa shape index (κ2) is 5.32. The van der Waals surface area contributed by atoms with Crippen molar-refractivity contribution in [1.82, 2.24) is 19.9 Å². The Labute approximate surface area is 98.9 Å². The van der Waals surface area contributed by atoms with Gasteiger partial charge in [0.25, 0.3) is 0 Å². The number of rotatable bonds is 6. The molecule has 0 fully saturated rings. The summed E-state index contributed by atoms with van der Waals surface area (Å²) in [4.78, 5) is 3.76. The van der Waals surface area contributed by atoms with Gasteiger partial charge in [-0.1, -0.05) is 19.1 Å². The molecule has 1 heterocycles. The molecule has 0 saturated carbocycles. The molecule has 0 aromatic carbocycles. The fourth-order valence-electron chi connectivity index (χ4n) is 1.16. The molecule has 0 spiro atoms. The van der Waals surface area contributed by atoms with E-state index in [2.05, 4.69) is 19.9 Å². The third-order valence-electron chi connectivity index (χ3n) is 1.97. The molecule has 1 aromatic rings. The van der Waals surface area contributed by atoms with E-state index in [1.807, 2.05) is 0 Å². The highest BCUT2D eigenvalue weighted by Gasteiger charge is 2.26. The number of hydrogen-bond acceptors (Lipinski definition) is 5. The van der Waals surface area contributed by atoms with Crippen molar-refractivity contribution in [3.8, 4) is 0 Å². The van der Waals surface area contributed by atoms with Gasteiger partial charge in [0.2, 0.25) is 10.0 Å². The van der Waals surface area contributed by atoms with Crippen molar-refractivity contribution < 1.29 is 8.42 Å². The molecule has 4 N–H and O–H groups in total. The third-order valence-corrected chi connectivity index (χ3v) is 4.29. The standard InChI is InChI=1S/C7H13N5O2S2/c1-2-5(7(8)15)16(13,14)11-3-6-9-4-10-12-6/h4-5,11H,2-3H2,1H3,(H2,8,15)(H,9,10,12). The lowest BCUT2D eigenvalue weighted by molar-refractivity contribution is 0.572. The van der Waals surface area contributed by atoms with Crippen molar-refractivity contribution in [2.45, 2.75) is 25.1 Å². The van der Waals surface area contributed by atoms with Crippen LogP contribution < -0.4 is 10.5 Å². The average molecular weight is 263 g/mol. The van der Waals surface area contributed by atoms with Gasteiger partial charge in [-0.05, 0) is 6.42 Å². The minimum absolute atomic E-state index is 0.0347. The van der Waals surface area contributed by atoms with Gasteiger partial charge in [-0.25, -0.2) is 18.1 Å². The molecule has 0 saturated heterocycles. The van der Waals surface area contributed by atoms with Gasteiger partial charge >= 0.3 is 0 Å². The van der Waals surface area contributed by atoms with E-state index in [9.17, 15) is 8.42 Å². The summed E-state index contributed by atoms with van der Waals surface area (Å²) in [5.74, 6) is 0.432. The van der Waals surface area contributed by atoms with E-state index in [-0.39, 0.29) is 11.5 Å². The van der Waals surface area contributed by atoms with Gasteiger partial charge in [-0.3, -0.25) is 5.10 Å². The molecule has 9 heteroatoms. The van der Waals surface area contributed by atoms with Crippen LogP contribution in [-0.2, 0) is 16.6 Å². The fraction of sp³-hybridized carbons (Fsp3) is 0.571. The maximum Gasteiger partial charge on any atom is 0.221 e. The number of hydrogen-bond donors (Lipinski definition) is 3. The van der Waals surface area contributed by atoms with Crippen LogP contribution in [0.15, 0.2) is 6.33 Å². The van der Waals surface area contributed by atoms with Crippen LogP contribution in [0.4, 0.5) is 0 Å². The van der Waals surface area contributed by atoms with Gasteiger partial charge in [-0.15, -0.1) is 0 Å². The minimum atomic E-state index is -3.55. The lowest BCUT2D eigenvalue weighted by Crippen LogP contribution is -2.41. The van der Waals surface area contributed by atoms with E-state index in [4.69, 9.17) is 18.0 Å². The van der Waals surface area contributed by atoms with Gasteiger partial charge < -0.3 is 5.73 Å². The number of sulfonamides is 1. The molecule has 90 valence electrons. The number of nitrogens with two attached hydrogens (primary N) is 1. The molecule has 0 amide bonds. The number of aromatic amines is 1. The van der Waals surface area contributed by atoms with Crippen LogP contribution >= 0.6 is 12.2 Å².